The van der Waals surface area contributed by atoms with Crippen LogP contribution in [0, 0.1) is 6.92 Å². The number of rotatable bonds is 3. The normalized spacial score (nSPS) is 11.3. The van der Waals surface area contributed by atoms with Crippen molar-refractivity contribution >= 4 is 33.0 Å². The van der Waals surface area contributed by atoms with E-state index < -0.39 is 10.0 Å². The van der Waals surface area contributed by atoms with Crippen LogP contribution in [0.3, 0.4) is 0 Å². The van der Waals surface area contributed by atoms with Crippen molar-refractivity contribution in [2.45, 2.75) is 11.8 Å². The van der Waals surface area contributed by atoms with Crippen LogP contribution in [0.2, 0.25) is 5.02 Å². The van der Waals surface area contributed by atoms with Crippen molar-refractivity contribution in [1.82, 2.24) is 4.98 Å². The van der Waals surface area contributed by atoms with Crippen LogP contribution in [0.25, 0.3) is 0 Å². The third-order valence-electron chi connectivity index (χ3n) is 2.39. The average molecular weight is 298 g/mol. The largest absolute Gasteiger partial charge is 0.399 e. The number of pyridine rings is 1. The number of benzene rings is 1. The SMILES string of the molecule is Cc1cc(NS(=O)(=O)c2ccc(N)cc2Cl)ccn1. The number of aromatic nitrogens is 1. The molecule has 2 aromatic rings. The minimum Gasteiger partial charge on any atom is -0.399 e. The van der Waals surface area contributed by atoms with Crippen molar-refractivity contribution in [3.05, 3.63) is 47.2 Å². The molecule has 0 aliphatic rings. The molecule has 5 nitrogen and oxygen atoms in total. The van der Waals surface area contributed by atoms with Crippen molar-refractivity contribution in [2.24, 2.45) is 0 Å². The van der Waals surface area contributed by atoms with Gasteiger partial charge < -0.3 is 5.73 Å². The third kappa shape index (κ3) is 3.15. The zero-order valence-corrected chi connectivity index (χ0v) is 11.7. The molecule has 0 unspecified atom stereocenters. The lowest BCUT2D eigenvalue weighted by Crippen LogP contribution is -2.13. The van der Waals surface area contributed by atoms with Gasteiger partial charge in [-0.2, -0.15) is 0 Å². The van der Waals surface area contributed by atoms with Crippen LogP contribution in [-0.4, -0.2) is 13.4 Å². The lowest BCUT2D eigenvalue weighted by molar-refractivity contribution is 0.601. The highest BCUT2D eigenvalue weighted by atomic mass is 35.5. The molecule has 2 rings (SSSR count). The first-order chi connectivity index (χ1) is 8.88. The van der Waals surface area contributed by atoms with E-state index in [-0.39, 0.29) is 9.92 Å². The van der Waals surface area contributed by atoms with E-state index in [1.165, 1.54) is 24.4 Å². The predicted octanol–water partition coefficient (Wildman–Crippen LogP) is 2.43. The first kappa shape index (κ1) is 13.6. The lowest BCUT2D eigenvalue weighted by Gasteiger charge is -2.10. The van der Waals surface area contributed by atoms with E-state index in [1.807, 2.05) is 0 Å². The molecule has 0 radical (unpaired) electrons. The van der Waals surface area contributed by atoms with Gasteiger partial charge in [0.15, 0.2) is 0 Å². The maximum absolute atomic E-state index is 12.2. The molecule has 0 fully saturated rings. The Balaban J connectivity index is 2.38. The quantitative estimate of drug-likeness (QED) is 0.852. The Morgan fingerprint density at radius 2 is 2.00 bits per heavy atom. The summed E-state index contributed by atoms with van der Waals surface area (Å²) in [4.78, 5) is 3.98. The van der Waals surface area contributed by atoms with Gasteiger partial charge in [-0.05, 0) is 37.3 Å². The summed E-state index contributed by atoms with van der Waals surface area (Å²) in [6.45, 7) is 1.77. The molecule has 3 N–H and O–H groups in total. The fraction of sp³-hybridized carbons (Fsp3) is 0.0833. The number of nitrogens with zero attached hydrogens (tertiary/aromatic N) is 1. The summed E-state index contributed by atoms with van der Waals surface area (Å²) in [5, 5.41) is 0.0817. The van der Waals surface area contributed by atoms with Gasteiger partial charge in [0.25, 0.3) is 10.0 Å². The summed E-state index contributed by atoms with van der Waals surface area (Å²) in [7, 11) is -3.74. The second-order valence-electron chi connectivity index (χ2n) is 3.98. The van der Waals surface area contributed by atoms with Gasteiger partial charge in [-0.3, -0.25) is 9.71 Å². The third-order valence-corrected chi connectivity index (χ3v) is 4.26. The minimum atomic E-state index is -3.74. The lowest BCUT2D eigenvalue weighted by atomic mass is 10.3. The van der Waals surface area contributed by atoms with Crippen LogP contribution < -0.4 is 10.5 Å². The van der Waals surface area contributed by atoms with Crippen LogP contribution in [0.5, 0.6) is 0 Å². The van der Waals surface area contributed by atoms with Gasteiger partial charge >= 0.3 is 0 Å². The van der Waals surface area contributed by atoms with Crippen molar-refractivity contribution < 1.29 is 8.42 Å². The molecule has 0 saturated heterocycles. The Morgan fingerprint density at radius 3 is 2.63 bits per heavy atom. The number of nitrogen functional groups attached to an aromatic ring is 1. The topological polar surface area (TPSA) is 85.1 Å². The fourth-order valence-corrected chi connectivity index (χ4v) is 3.16. The molecular weight excluding hydrogens is 286 g/mol. The summed E-state index contributed by atoms with van der Waals surface area (Å²) in [6.07, 6.45) is 1.53. The molecule has 100 valence electrons. The van der Waals surface area contributed by atoms with Crippen molar-refractivity contribution in [3.63, 3.8) is 0 Å². The summed E-state index contributed by atoms with van der Waals surface area (Å²) < 4.78 is 26.8. The van der Waals surface area contributed by atoms with Crippen LogP contribution in [0.1, 0.15) is 5.69 Å². The smallest absolute Gasteiger partial charge is 0.263 e. The molecule has 0 amide bonds. The Hall–Kier alpha value is -1.79. The molecule has 0 aliphatic carbocycles. The van der Waals surface area contributed by atoms with Crippen molar-refractivity contribution in [3.8, 4) is 0 Å². The minimum absolute atomic E-state index is 0.0159. The van der Waals surface area contributed by atoms with Crippen LogP contribution in [-0.2, 0) is 10.0 Å². The average Bonchev–Trinajstić information content (AvgIpc) is 2.27. The highest BCUT2D eigenvalue weighted by molar-refractivity contribution is 7.92. The van der Waals surface area contributed by atoms with Gasteiger partial charge in [0.1, 0.15) is 4.90 Å². The Bertz CT molecular complexity index is 717. The summed E-state index contributed by atoms with van der Waals surface area (Å²) in [6, 6.07) is 7.44. The molecule has 1 aromatic heterocycles. The number of nitrogens with two attached hydrogens (primary N) is 1. The number of sulfonamides is 1. The molecule has 19 heavy (non-hydrogen) atoms. The highest BCUT2D eigenvalue weighted by Gasteiger charge is 2.18. The molecular formula is C12H12ClN3O2S. The van der Waals surface area contributed by atoms with E-state index in [0.29, 0.717) is 17.1 Å². The molecule has 1 aromatic carbocycles. The van der Waals surface area contributed by atoms with E-state index in [2.05, 4.69) is 9.71 Å². The molecule has 0 aliphatic heterocycles. The first-order valence-electron chi connectivity index (χ1n) is 5.39. The number of aryl methyl sites for hydroxylation is 1. The zero-order valence-electron chi connectivity index (χ0n) is 10.1. The van der Waals surface area contributed by atoms with E-state index in [0.717, 1.165) is 0 Å². The molecule has 0 saturated carbocycles. The summed E-state index contributed by atoms with van der Waals surface area (Å²) >= 11 is 5.90. The summed E-state index contributed by atoms with van der Waals surface area (Å²) in [5.41, 5.74) is 7.08. The summed E-state index contributed by atoms with van der Waals surface area (Å²) in [5.74, 6) is 0. The number of nitrogens with one attached hydrogen (secondary N) is 1. The Kier molecular flexibility index (Phi) is 3.64. The molecule has 0 atom stereocenters. The van der Waals surface area contributed by atoms with E-state index >= 15 is 0 Å². The number of halogens is 1. The second kappa shape index (κ2) is 5.07. The number of hydrogen-bond acceptors (Lipinski definition) is 4. The van der Waals surface area contributed by atoms with Gasteiger partial charge in [-0.25, -0.2) is 8.42 Å². The Morgan fingerprint density at radius 1 is 1.26 bits per heavy atom. The van der Waals surface area contributed by atoms with Crippen LogP contribution in [0.15, 0.2) is 41.4 Å². The number of hydrogen-bond donors (Lipinski definition) is 2. The first-order valence-corrected chi connectivity index (χ1v) is 7.25. The van der Waals surface area contributed by atoms with Gasteiger partial charge in [0.2, 0.25) is 0 Å². The molecule has 7 heteroatoms. The monoisotopic (exact) mass is 297 g/mol. The fourth-order valence-electron chi connectivity index (χ4n) is 1.55. The maximum Gasteiger partial charge on any atom is 0.263 e. The molecule has 1 heterocycles. The van der Waals surface area contributed by atoms with E-state index in [1.54, 1.807) is 19.1 Å². The van der Waals surface area contributed by atoms with Crippen LogP contribution >= 0.6 is 11.6 Å². The molecule has 0 spiro atoms. The molecule has 0 bridgehead atoms. The van der Waals surface area contributed by atoms with Gasteiger partial charge in [0.05, 0.1) is 10.7 Å². The maximum atomic E-state index is 12.2. The Labute approximate surface area is 116 Å². The second-order valence-corrected chi connectivity index (χ2v) is 6.04. The van der Waals surface area contributed by atoms with Gasteiger partial charge in [-0.15, -0.1) is 0 Å². The van der Waals surface area contributed by atoms with Crippen LogP contribution in [0.4, 0.5) is 11.4 Å². The van der Waals surface area contributed by atoms with Gasteiger partial charge in [0, 0.05) is 17.6 Å². The van der Waals surface area contributed by atoms with E-state index in [4.69, 9.17) is 17.3 Å². The zero-order chi connectivity index (χ0) is 14.0. The van der Waals surface area contributed by atoms with E-state index in [9.17, 15) is 8.42 Å². The predicted molar refractivity (Wildman–Crippen MR) is 75.6 cm³/mol. The number of anilines is 2. The van der Waals surface area contributed by atoms with Gasteiger partial charge in [-0.1, -0.05) is 11.6 Å². The van der Waals surface area contributed by atoms with Crippen molar-refractivity contribution in [2.75, 3.05) is 10.5 Å². The highest BCUT2D eigenvalue weighted by Crippen LogP contribution is 2.25. The standard InChI is InChI=1S/C12H12ClN3O2S/c1-8-6-10(4-5-15-8)16-19(17,18)12-3-2-9(14)7-11(12)13/h2-7H,14H2,1H3,(H,15,16). The van der Waals surface area contributed by atoms with Crippen molar-refractivity contribution in [1.29, 1.82) is 0 Å².